The highest BCUT2D eigenvalue weighted by molar-refractivity contribution is 6.30. The Morgan fingerprint density at radius 2 is 1.89 bits per heavy atom. The van der Waals surface area contributed by atoms with Gasteiger partial charge in [0.1, 0.15) is 0 Å². The zero-order valence-electron chi connectivity index (χ0n) is 21.9. The van der Waals surface area contributed by atoms with Crippen LogP contribution in [0.3, 0.4) is 0 Å². The number of ether oxygens (including phenoxy) is 2. The van der Waals surface area contributed by atoms with E-state index >= 15 is 0 Å². The van der Waals surface area contributed by atoms with Crippen LogP contribution < -0.4 is 5.32 Å². The fourth-order valence-electron chi connectivity index (χ4n) is 4.93. The molecule has 2 amide bonds. The third-order valence-corrected chi connectivity index (χ3v) is 7.15. The molecule has 2 aromatic rings. The van der Waals surface area contributed by atoms with Crippen molar-refractivity contribution in [2.24, 2.45) is 0 Å². The van der Waals surface area contributed by atoms with Gasteiger partial charge in [0.15, 0.2) is 0 Å². The number of nitrogens with zero attached hydrogens (tertiary/aromatic N) is 2. The van der Waals surface area contributed by atoms with E-state index in [4.69, 9.17) is 21.1 Å². The van der Waals surface area contributed by atoms with E-state index in [2.05, 4.69) is 10.2 Å². The van der Waals surface area contributed by atoms with Gasteiger partial charge in [-0.3, -0.25) is 14.5 Å². The van der Waals surface area contributed by atoms with Crippen LogP contribution in [0.2, 0.25) is 5.02 Å². The number of benzene rings is 2. The average Bonchev–Trinajstić information content (AvgIpc) is 2.91. The van der Waals surface area contributed by atoms with Gasteiger partial charge in [-0.05, 0) is 49.2 Å². The van der Waals surface area contributed by atoms with E-state index in [0.717, 1.165) is 44.0 Å². The Morgan fingerprint density at radius 3 is 2.63 bits per heavy atom. The molecule has 4 rings (SSSR count). The average molecular weight is 540 g/mol. The van der Waals surface area contributed by atoms with Crippen molar-refractivity contribution in [3.05, 3.63) is 81.5 Å². The number of esters is 1. The molecule has 1 unspecified atom stereocenters. The van der Waals surface area contributed by atoms with Gasteiger partial charge in [-0.15, -0.1) is 0 Å². The lowest BCUT2D eigenvalue weighted by atomic mass is 9.83. The van der Waals surface area contributed by atoms with Crippen LogP contribution in [0.15, 0.2) is 59.8 Å². The number of carbonyl (C=O) groups excluding carboxylic acids is 3. The lowest BCUT2D eigenvalue weighted by molar-refractivity contribution is -0.140. The molecule has 1 saturated heterocycles. The Bertz CT molecular complexity index is 1210. The number of nitrogens with one attached hydrogen (secondary N) is 1. The predicted molar refractivity (Wildman–Crippen MR) is 145 cm³/mol. The van der Waals surface area contributed by atoms with Gasteiger partial charge in [-0.2, -0.15) is 0 Å². The summed E-state index contributed by atoms with van der Waals surface area (Å²) in [6, 6.07) is 14.4. The maximum Gasteiger partial charge on any atom is 0.336 e. The summed E-state index contributed by atoms with van der Waals surface area (Å²) in [7, 11) is 0. The molecule has 0 aromatic heterocycles. The van der Waals surface area contributed by atoms with Crippen molar-refractivity contribution in [2.45, 2.75) is 32.7 Å². The van der Waals surface area contributed by atoms with Gasteiger partial charge < -0.3 is 19.7 Å². The maximum absolute atomic E-state index is 13.3. The van der Waals surface area contributed by atoms with Crippen LogP contribution in [0, 0.1) is 0 Å². The molecule has 0 aliphatic carbocycles. The molecule has 0 spiro atoms. The normalized spacial score (nSPS) is 18.4. The number of allylic oxidation sites excluding steroid dienone is 1. The van der Waals surface area contributed by atoms with E-state index in [-0.39, 0.29) is 31.4 Å². The third-order valence-electron chi connectivity index (χ3n) is 6.92. The highest BCUT2D eigenvalue weighted by Crippen LogP contribution is 2.38. The van der Waals surface area contributed by atoms with Crippen LogP contribution in [0.5, 0.6) is 0 Å². The quantitative estimate of drug-likeness (QED) is 0.488. The summed E-state index contributed by atoms with van der Waals surface area (Å²) in [5, 5.41) is 3.52. The smallest absolute Gasteiger partial charge is 0.336 e. The molecule has 1 atom stereocenters. The summed E-state index contributed by atoms with van der Waals surface area (Å²) in [6.45, 7) is 8.48. The lowest BCUT2D eigenvalue weighted by Gasteiger charge is -2.34. The van der Waals surface area contributed by atoms with Crippen LogP contribution in [0.4, 0.5) is 0 Å². The molecule has 2 aromatic carbocycles. The van der Waals surface area contributed by atoms with Crippen molar-refractivity contribution in [2.75, 3.05) is 46.0 Å². The van der Waals surface area contributed by atoms with Crippen molar-refractivity contribution in [3.8, 4) is 0 Å². The van der Waals surface area contributed by atoms with Crippen molar-refractivity contribution in [1.29, 1.82) is 0 Å². The minimum absolute atomic E-state index is 0.110. The molecule has 9 heteroatoms. The number of carbonyl (C=O) groups is 3. The van der Waals surface area contributed by atoms with Crippen molar-refractivity contribution >= 4 is 29.4 Å². The van der Waals surface area contributed by atoms with Gasteiger partial charge in [0.25, 0.3) is 5.91 Å². The standard InChI is InChI=1S/C29H34ClN3O5/c1-3-38-29(36)27-20(2)33(26(34)18-25(27)22-7-5-9-24(30)17-22)19-21-6-4-8-23(16-21)28(35)31-10-11-32-12-14-37-15-13-32/h4-9,16-17,25H,3,10-15,18-19H2,1-2H3,(H,31,35). The molecular formula is C29H34ClN3O5. The first-order valence-electron chi connectivity index (χ1n) is 13.0. The number of halogens is 1. The van der Waals surface area contributed by atoms with Gasteiger partial charge >= 0.3 is 5.97 Å². The van der Waals surface area contributed by atoms with Crippen LogP contribution >= 0.6 is 11.6 Å². The van der Waals surface area contributed by atoms with Gasteiger partial charge in [0.05, 0.1) is 31.9 Å². The molecule has 8 nitrogen and oxygen atoms in total. The van der Waals surface area contributed by atoms with E-state index in [0.29, 0.717) is 28.4 Å². The van der Waals surface area contributed by atoms with Gasteiger partial charge in [-0.25, -0.2) is 4.79 Å². The largest absolute Gasteiger partial charge is 0.463 e. The predicted octanol–water partition coefficient (Wildman–Crippen LogP) is 3.76. The van der Waals surface area contributed by atoms with E-state index in [9.17, 15) is 14.4 Å². The monoisotopic (exact) mass is 539 g/mol. The Kier molecular flexibility index (Phi) is 9.55. The Balaban J connectivity index is 1.50. The Labute approximate surface area is 228 Å². The second-order valence-electron chi connectivity index (χ2n) is 9.42. The van der Waals surface area contributed by atoms with E-state index < -0.39 is 11.9 Å². The lowest BCUT2D eigenvalue weighted by Crippen LogP contribution is -2.41. The summed E-state index contributed by atoms with van der Waals surface area (Å²) in [4.78, 5) is 43.0. The molecule has 0 radical (unpaired) electrons. The summed E-state index contributed by atoms with van der Waals surface area (Å²) in [5.41, 5.74) is 3.11. The third kappa shape index (κ3) is 6.81. The van der Waals surface area contributed by atoms with Crippen LogP contribution in [0.1, 0.15) is 47.7 Å². The first-order chi connectivity index (χ1) is 18.4. The van der Waals surface area contributed by atoms with E-state index in [1.807, 2.05) is 18.2 Å². The second-order valence-corrected chi connectivity index (χ2v) is 9.86. The summed E-state index contributed by atoms with van der Waals surface area (Å²) in [6.07, 6.45) is 0.119. The van der Waals surface area contributed by atoms with Crippen LogP contribution in [-0.4, -0.2) is 73.6 Å². The first kappa shape index (κ1) is 27.8. The van der Waals surface area contributed by atoms with Crippen LogP contribution in [0.25, 0.3) is 0 Å². The zero-order chi connectivity index (χ0) is 27.1. The Hall–Kier alpha value is -3.20. The molecule has 38 heavy (non-hydrogen) atoms. The number of morpholine rings is 1. The van der Waals surface area contributed by atoms with Crippen LogP contribution in [-0.2, 0) is 25.6 Å². The molecule has 0 saturated carbocycles. The number of rotatable bonds is 9. The fourth-order valence-corrected chi connectivity index (χ4v) is 5.13. The summed E-state index contributed by atoms with van der Waals surface area (Å²) in [5.74, 6) is -1.16. The zero-order valence-corrected chi connectivity index (χ0v) is 22.6. The summed E-state index contributed by atoms with van der Waals surface area (Å²) >= 11 is 6.21. The molecule has 1 N–H and O–H groups in total. The molecule has 2 aliphatic heterocycles. The number of hydrogen-bond acceptors (Lipinski definition) is 6. The van der Waals surface area contributed by atoms with E-state index in [1.165, 1.54) is 0 Å². The highest BCUT2D eigenvalue weighted by Gasteiger charge is 2.37. The Morgan fingerprint density at radius 1 is 1.13 bits per heavy atom. The summed E-state index contributed by atoms with van der Waals surface area (Å²) < 4.78 is 10.7. The fraction of sp³-hybridized carbons (Fsp3) is 0.414. The first-order valence-corrected chi connectivity index (χ1v) is 13.4. The van der Waals surface area contributed by atoms with Crippen molar-refractivity contribution < 1.29 is 23.9 Å². The highest BCUT2D eigenvalue weighted by atomic mass is 35.5. The van der Waals surface area contributed by atoms with E-state index in [1.54, 1.807) is 49.1 Å². The molecular weight excluding hydrogens is 506 g/mol. The molecule has 202 valence electrons. The molecule has 0 bridgehead atoms. The molecule has 1 fully saturated rings. The minimum Gasteiger partial charge on any atom is -0.463 e. The maximum atomic E-state index is 13.3. The number of hydrogen-bond donors (Lipinski definition) is 1. The van der Waals surface area contributed by atoms with Gasteiger partial charge in [0, 0.05) is 54.8 Å². The van der Waals surface area contributed by atoms with Gasteiger partial charge in [-0.1, -0.05) is 35.9 Å². The topological polar surface area (TPSA) is 88.2 Å². The molecule has 2 heterocycles. The minimum atomic E-state index is -0.444. The van der Waals surface area contributed by atoms with Gasteiger partial charge in [0.2, 0.25) is 5.91 Å². The van der Waals surface area contributed by atoms with Crippen molar-refractivity contribution in [1.82, 2.24) is 15.1 Å². The van der Waals surface area contributed by atoms with Crippen molar-refractivity contribution in [3.63, 3.8) is 0 Å². The SMILES string of the molecule is CCOC(=O)C1=C(C)N(Cc2cccc(C(=O)NCCN3CCOCC3)c2)C(=O)CC1c1cccc(Cl)c1. The molecule has 2 aliphatic rings. The number of amides is 2. The second kappa shape index (κ2) is 13.0.